The summed E-state index contributed by atoms with van der Waals surface area (Å²) in [5.41, 5.74) is 2.88. The van der Waals surface area contributed by atoms with Gasteiger partial charge in [0, 0.05) is 22.8 Å². The molecular weight excluding hydrogens is 402 g/mol. The van der Waals surface area contributed by atoms with Gasteiger partial charge in [0.2, 0.25) is 0 Å². The number of ether oxygens (including phenoxy) is 1. The van der Waals surface area contributed by atoms with Gasteiger partial charge in [-0.25, -0.2) is 4.98 Å². The summed E-state index contributed by atoms with van der Waals surface area (Å²) in [6.45, 7) is 0. The number of pyridine rings is 1. The fourth-order valence-corrected chi connectivity index (χ4v) is 3.26. The van der Waals surface area contributed by atoms with Gasteiger partial charge in [-0.1, -0.05) is 18.2 Å². The van der Waals surface area contributed by atoms with Crippen molar-refractivity contribution < 1.29 is 9.53 Å². The van der Waals surface area contributed by atoms with E-state index in [1.807, 2.05) is 48.5 Å². The van der Waals surface area contributed by atoms with E-state index in [9.17, 15) is 4.79 Å². The van der Waals surface area contributed by atoms with Crippen molar-refractivity contribution in [2.45, 2.75) is 0 Å². The zero-order valence-corrected chi connectivity index (χ0v) is 16.9. The first-order valence-corrected chi connectivity index (χ1v) is 10.0. The molecule has 5 rings (SSSR count). The molecule has 0 radical (unpaired) electrons. The second-order valence-corrected chi connectivity index (χ2v) is 7.09. The predicted molar refractivity (Wildman–Crippen MR) is 125 cm³/mol. The number of H-pyrrole nitrogens is 1. The van der Waals surface area contributed by atoms with Crippen molar-refractivity contribution in [2.75, 3.05) is 10.6 Å². The van der Waals surface area contributed by atoms with Gasteiger partial charge in [0.1, 0.15) is 11.5 Å². The van der Waals surface area contributed by atoms with Crippen LogP contribution in [0.3, 0.4) is 0 Å². The first-order valence-electron chi connectivity index (χ1n) is 10.0. The van der Waals surface area contributed by atoms with E-state index in [2.05, 4.69) is 25.8 Å². The highest BCUT2D eigenvalue weighted by Gasteiger charge is 2.11. The molecule has 1 amide bonds. The number of carbonyl (C=O) groups is 1. The number of para-hydroxylation sites is 1. The first kappa shape index (κ1) is 19.3. The smallest absolute Gasteiger partial charge is 0.255 e. The lowest BCUT2D eigenvalue weighted by Crippen LogP contribution is -2.13. The molecule has 3 N–H and O–H groups in total. The Labute approximate surface area is 184 Å². The Morgan fingerprint density at radius 3 is 2.53 bits per heavy atom. The number of hydrogen-bond donors (Lipinski definition) is 3. The molecule has 0 aliphatic heterocycles. The Morgan fingerprint density at radius 2 is 1.69 bits per heavy atom. The third-order valence-electron chi connectivity index (χ3n) is 4.85. The van der Waals surface area contributed by atoms with Crippen LogP contribution in [0.2, 0.25) is 0 Å². The zero-order chi connectivity index (χ0) is 21.8. The number of nitrogens with zero attached hydrogens (tertiary/aromatic N) is 2. The molecule has 7 nitrogen and oxygen atoms in total. The van der Waals surface area contributed by atoms with E-state index in [0.29, 0.717) is 22.8 Å². The number of aromatic nitrogens is 3. The second-order valence-electron chi connectivity index (χ2n) is 7.09. The molecular formula is C25H19N5O2. The van der Waals surface area contributed by atoms with Crippen molar-refractivity contribution >= 4 is 34.0 Å². The maximum atomic E-state index is 12.8. The van der Waals surface area contributed by atoms with Gasteiger partial charge in [0.15, 0.2) is 5.82 Å². The number of rotatable bonds is 6. The van der Waals surface area contributed by atoms with Crippen molar-refractivity contribution in [1.82, 2.24) is 15.2 Å². The fraction of sp³-hybridized carbons (Fsp3) is 0. The van der Waals surface area contributed by atoms with Gasteiger partial charge in [-0.05, 0) is 66.7 Å². The van der Waals surface area contributed by atoms with Crippen LogP contribution in [-0.4, -0.2) is 21.1 Å². The van der Waals surface area contributed by atoms with E-state index < -0.39 is 0 Å². The highest BCUT2D eigenvalue weighted by atomic mass is 16.5. The topological polar surface area (TPSA) is 91.9 Å². The van der Waals surface area contributed by atoms with Gasteiger partial charge in [-0.3, -0.25) is 9.89 Å². The van der Waals surface area contributed by atoms with Crippen LogP contribution >= 0.6 is 0 Å². The molecule has 2 aromatic heterocycles. The molecule has 3 aromatic carbocycles. The van der Waals surface area contributed by atoms with Crippen LogP contribution in [0.1, 0.15) is 10.4 Å². The van der Waals surface area contributed by atoms with Crippen LogP contribution in [0, 0.1) is 0 Å². The van der Waals surface area contributed by atoms with E-state index in [-0.39, 0.29) is 5.91 Å². The highest BCUT2D eigenvalue weighted by molar-refractivity contribution is 6.05. The standard InChI is InChI=1S/C25H19N5O2/c31-25(17-8-11-21(12-9-17)32-20-5-2-1-3-6-20)29-23-7-4-14-26-24(23)28-19-10-13-22-18(15-19)16-27-30-22/h1-16H,(H,26,28)(H,27,30)(H,29,31). The van der Waals surface area contributed by atoms with Crippen molar-refractivity contribution in [2.24, 2.45) is 0 Å². The van der Waals surface area contributed by atoms with Crippen molar-refractivity contribution in [3.63, 3.8) is 0 Å². The van der Waals surface area contributed by atoms with Gasteiger partial charge in [-0.2, -0.15) is 5.10 Å². The molecule has 2 heterocycles. The summed E-state index contributed by atoms with van der Waals surface area (Å²) in [5.74, 6) is 1.71. The van der Waals surface area contributed by atoms with Crippen LogP contribution in [-0.2, 0) is 0 Å². The summed E-state index contributed by atoms with van der Waals surface area (Å²) in [6, 6.07) is 25.9. The summed E-state index contributed by atoms with van der Waals surface area (Å²) in [7, 11) is 0. The normalized spacial score (nSPS) is 10.6. The van der Waals surface area contributed by atoms with Crippen molar-refractivity contribution in [1.29, 1.82) is 0 Å². The number of carbonyl (C=O) groups excluding carboxylic acids is 1. The minimum atomic E-state index is -0.238. The summed E-state index contributed by atoms with van der Waals surface area (Å²) < 4.78 is 5.78. The number of anilines is 3. The number of benzene rings is 3. The van der Waals surface area contributed by atoms with Gasteiger partial charge >= 0.3 is 0 Å². The molecule has 32 heavy (non-hydrogen) atoms. The largest absolute Gasteiger partial charge is 0.457 e. The average molecular weight is 421 g/mol. The summed E-state index contributed by atoms with van der Waals surface area (Å²) in [4.78, 5) is 17.2. The van der Waals surface area contributed by atoms with Gasteiger partial charge in [0.05, 0.1) is 17.4 Å². The van der Waals surface area contributed by atoms with Crippen LogP contribution in [0.25, 0.3) is 10.9 Å². The first-order chi connectivity index (χ1) is 15.7. The molecule has 7 heteroatoms. The molecule has 0 aliphatic carbocycles. The monoisotopic (exact) mass is 421 g/mol. The van der Waals surface area contributed by atoms with E-state index in [1.165, 1.54) is 0 Å². The van der Waals surface area contributed by atoms with Crippen LogP contribution in [0.15, 0.2) is 97.3 Å². The molecule has 5 aromatic rings. The Kier molecular flexibility index (Phi) is 5.20. The van der Waals surface area contributed by atoms with E-state index in [0.717, 1.165) is 22.3 Å². The van der Waals surface area contributed by atoms with Crippen LogP contribution < -0.4 is 15.4 Å². The predicted octanol–water partition coefficient (Wildman–Crippen LogP) is 5.75. The summed E-state index contributed by atoms with van der Waals surface area (Å²) in [6.07, 6.45) is 3.43. The average Bonchev–Trinajstić information content (AvgIpc) is 3.29. The Hall–Kier alpha value is -4.65. The van der Waals surface area contributed by atoms with Gasteiger partial charge in [-0.15, -0.1) is 0 Å². The lowest BCUT2D eigenvalue weighted by molar-refractivity contribution is 0.102. The van der Waals surface area contributed by atoms with Crippen molar-refractivity contribution in [3.05, 3.63) is 103 Å². The molecule has 0 unspecified atom stereocenters. The molecule has 0 aliphatic rings. The Balaban J connectivity index is 1.30. The fourth-order valence-electron chi connectivity index (χ4n) is 3.26. The second kappa shape index (κ2) is 8.61. The molecule has 0 saturated carbocycles. The van der Waals surface area contributed by atoms with E-state index in [1.54, 1.807) is 48.8 Å². The van der Waals surface area contributed by atoms with E-state index >= 15 is 0 Å². The Bertz CT molecular complexity index is 1360. The molecule has 0 bridgehead atoms. The Morgan fingerprint density at radius 1 is 0.875 bits per heavy atom. The number of amides is 1. The van der Waals surface area contributed by atoms with Crippen LogP contribution in [0.5, 0.6) is 11.5 Å². The molecule has 0 fully saturated rings. The van der Waals surface area contributed by atoms with Gasteiger partial charge in [0.25, 0.3) is 5.91 Å². The highest BCUT2D eigenvalue weighted by Crippen LogP contribution is 2.26. The lowest BCUT2D eigenvalue weighted by atomic mass is 10.2. The molecule has 0 saturated heterocycles. The number of fused-ring (bicyclic) bond motifs is 1. The SMILES string of the molecule is O=C(Nc1cccnc1Nc1ccc2[nH]ncc2c1)c1ccc(Oc2ccccc2)cc1. The minimum Gasteiger partial charge on any atom is -0.457 e. The van der Waals surface area contributed by atoms with Crippen molar-refractivity contribution in [3.8, 4) is 11.5 Å². The minimum absolute atomic E-state index is 0.238. The van der Waals surface area contributed by atoms with Gasteiger partial charge < -0.3 is 15.4 Å². The summed E-state index contributed by atoms with van der Waals surface area (Å²) >= 11 is 0. The number of aromatic amines is 1. The maximum absolute atomic E-state index is 12.8. The molecule has 0 atom stereocenters. The maximum Gasteiger partial charge on any atom is 0.255 e. The zero-order valence-electron chi connectivity index (χ0n) is 16.9. The third kappa shape index (κ3) is 4.27. The molecule has 156 valence electrons. The quantitative estimate of drug-likeness (QED) is 0.325. The third-order valence-corrected chi connectivity index (χ3v) is 4.85. The summed E-state index contributed by atoms with van der Waals surface area (Å²) in [5, 5.41) is 14.1. The molecule has 0 spiro atoms. The number of nitrogens with one attached hydrogen (secondary N) is 3. The van der Waals surface area contributed by atoms with Crippen LogP contribution in [0.4, 0.5) is 17.2 Å². The number of hydrogen-bond acceptors (Lipinski definition) is 5. The lowest BCUT2D eigenvalue weighted by Gasteiger charge is -2.12. The van der Waals surface area contributed by atoms with E-state index in [4.69, 9.17) is 4.74 Å².